The Balaban J connectivity index is 4.06. The molecule has 0 rings (SSSR count). The Morgan fingerprint density at radius 3 is 2.59 bits per heavy atom. The van der Waals surface area contributed by atoms with Crippen molar-refractivity contribution in [3.05, 3.63) is 0 Å². The summed E-state index contributed by atoms with van der Waals surface area (Å²) in [4.78, 5) is 10.8. The van der Waals surface area contributed by atoms with Crippen molar-refractivity contribution in [2.75, 3.05) is 19.4 Å². The van der Waals surface area contributed by atoms with Crippen molar-refractivity contribution in [1.29, 1.82) is 0 Å². The summed E-state index contributed by atoms with van der Waals surface area (Å²) in [5.74, 6) is -0.480. The molecule has 1 unspecified atom stereocenters. The first kappa shape index (κ1) is 16.3. The van der Waals surface area contributed by atoms with E-state index in [2.05, 4.69) is 9.46 Å². The Labute approximate surface area is 103 Å². The number of carbonyl (C=O) groups is 1. The molecule has 0 aliphatic heterocycles. The highest BCUT2D eigenvalue weighted by molar-refractivity contribution is 7.89. The maximum Gasteiger partial charge on any atom is 0.305 e. The fraction of sp³-hybridized carbons (Fsp3) is 0.900. The van der Waals surface area contributed by atoms with Crippen molar-refractivity contribution in [3.8, 4) is 0 Å². The van der Waals surface area contributed by atoms with Gasteiger partial charge in [-0.2, -0.15) is 0 Å². The molecule has 6 nitrogen and oxygen atoms in total. The highest BCUT2D eigenvalue weighted by Crippen LogP contribution is 2.01. The lowest BCUT2D eigenvalue weighted by molar-refractivity contribution is -0.140. The van der Waals surface area contributed by atoms with Crippen LogP contribution in [0.1, 0.15) is 32.6 Å². The molecule has 0 aromatic heterocycles. The van der Waals surface area contributed by atoms with Crippen molar-refractivity contribution in [3.63, 3.8) is 0 Å². The predicted molar refractivity (Wildman–Crippen MR) is 65.9 cm³/mol. The topological polar surface area (TPSA) is 98.5 Å². The molecule has 0 fully saturated rings. The van der Waals surface area contributed by atoms with Gasteiger partial charge in [0.2, 0.25) is 10.0 Å². The molecule has 3 N–H and O–H groups in total. The van der Waals surface area contributed by atoms with Crippen LogP contribution < -0.4 is 10.5 Å². The van der Waals surface area contributed by atoms with Gasteiger partial charge < -0.3 is 10.5 Å². The first-order valence-corrected chi connectivity index (χ1v) is 7.37. The van der Waals surface area contributed by atoms with E-state index in [4.69, 9.17) is 5.73 Å². The molecular weight excluding hydrogens is 244 g/mol. The van der Waals surface area contributed by atoms with Gasteiger partial charge >= 0.3 is 5.97 Å². The van der Waals surface area contributed by atoms with E-state index in [1.807, 2.05) is 6.92 Å². The lowest BCUT2D eigenvalue weighted by Crippen LogP contribution is -2.41. The number of hydrogen-bond acceptors (Lipinski definition) is 5. The Morgan fingerprint density at radius 2 is 2.12 bits per heavy atom. The lowest BCUT2D eigenvalue weighted by atomic mass is 10.2. The van der Waals surface area contributed by atoms with Gasteiger partial charge in [0, 0.05) is 19.0 Å². The predicted octanol–water partition coefficient (Wildman–Crippen LogP) is -0.0136. The van der Waals surface area contributed by atoms with Crippen LogP contribution in [-0.4, -0.2) is 39.8 Å². The van der Waals surface area contributed by atoms with E-state index in [0.717, 1.165) is 6.42 Å². The van der Waals surface area contributed by atoms with E-state index in [1.54, 1.807) is 0 Å². The van der Waals surface area contributed by atoms with E-state index in [9.17, 15) is 13.2 Å². The molecule has 0 radical (unpaired) electrons. The van der Waals surface area contributed by atoms with Crippen molar-refractivity contribution < 1.29 is 17.9 Å². The molecule has 0 saturated heterocycles. The molecule has 0 aliphatic rings. The third kappa shape index (κ3) is 8.12. The normalized spacial score (nSPS) is 13.4. The average molecular weight is 266 g/mol. The first-order valence-electron chi connectivity index (χ1n) is 5.72. The fourth-order valence-electron chi connectivity index (χ4n) is 1.39. The van der Waals surface area contributed by atoms with Crippen LogP contribution in [0.15, 0.2) is 0 Å². The van der Waals surface area contributed by atoms with Crippen LogP contribution in [0, 0.1) is 0 Å². The zero-order valence-electron chi connectivity index (χ0n) is 10.4. The van der Waals surface area contributed by atoms with Gasteiger partial charge in [-0.05, 0) is 12.8 Å². The number of sulfonamides is 1. The second-order valence-corrected chi connectivity index (χ2v) is 5.71. The second-order valence-electron chi connectivity index (χ2n) is 3.84. The van der Waals surface area contributed by atoms with Gasteiger partial charge in [-0.15, -0.1) is 0 Å². The van der Waals surface area contributed by atoms with Crippen LogP contribution in [0.4, 0.5) is 0 Å². The monoisotopic (exact) mass is 266 g/mol. The second kappa shape index (κ2) is 8.43. The van der Waals surface area contributed by atoms with Crippen molar-refractivity contribution in [2.45, 2.75) is 38.6 Å². The minimum absolute atomic E-state index is 0.0810. The highest BCUT2D eigenvalue weighted by atomic mass is 32.2. The molecule has 0 aromatic rings. The molecular formula is C10H22N2O4S. The van der Waals surface area contributed by atoms with E-state index in [0.29, 0.717) is 6.42 Å². The smallest absolute Gasteiger partial charge is 0.305 e. The third-order valence-corrected chi connectivity index (χ3v) is 3.81. The van der Waals surface area contributed by atoms with Crippen molar-refractivity contribution >= 4 is 16.0 Å². The Kier molecular flexibility index (Phi) is 8.11. The van der Waals surface area contributed by atoms with Gasteiger partial charge in [0.05, 0.1) is 12.9 Å². The number of rotatable bonds is 9. The Hall–Kier alpha value is -0.660. The quantitative estimate of drug-likeness (QED) is 0.572. The third-order valence-electron chi connectivity index (χ3n) is 2.29. The molecule has 1 atom stereocenters. The maximum absolute atomic E-state index is 11.6. The zero-order chi connectivity index (χ0) is 13.3. The van der Waals surface area contributed by atoms with Crippen LogP contribution >= 0.6 is 0 Å². The summed E-state index contributed by atoms with van der Waals surface area (Å²) in [5, 5.41) is 0. The summed E-state index contributed by atoms with van der Waals surface area (Å²) in [7, 11) is -2.08. The number of nitrogens with two attached hydrogens (primary N) is 1. The molecule has 102 valence electrons. The maximum atomic E-state index is 11.6. The zero-order valence-corrected chi connectivity index (χ0v) is 11.3. The van der Waals surface area contributed by atoms with Gasteiger partial charge in [-0.3, -0.25) is 4.79 Å². The molecule has 0 aromatic carbocycles. The van der Waals surface area contributed by atoms with Crippen LogP contribution in [0.3, 0.4) is 0 Å². The van der Waals surface area contributed by atoms with Gasteiger partial charge in [0.25, 0.3) is 0 Å². The largest absolute Gasteiger partial charge is 0.469 e. The average Bonchev–Trinajstić information content (AvgIpc) is 2.27. The molecule has 7 heteroatoms. The highest BCUT2D eigenvalue weighted by Gasteiger charge is 2.16. The van der Waals surface area contributed by atoms with Crippen molar-refractivity contribution in [2.24, 2.45) is 5.73 Å². The summed E-state index contributed by atoms with van der Waals surface area (Å²) < 4.78 is 30.2. The minimum Gasteiger partial charge on any atom is -0.469 e. The standard InChI is InChI=1S/C10H22N2O4S/c1-3-5-9(8-11)12-17(14,15)7-4-6-10(13)16-2/h9,12H,3-8,11H2,1-2H3. The van der Waals surface area contributed by atoms with Crippen LogP contribution in [0.2, 0.25) is 0 Å². The molecule has 0 spiro atoms. The number of ether oxygens (including phenoxy) is 1. The SMILES string of the molecule is CCCC(CN)NS(=O)(=O)CCCC(=O)OC. The first-order chi connectivity index (χ1) is 7.95. The molecule has 17 heavy (non-hydrogen) atoms. The van der Waals surface area contributed by atoms with Crippen molar-refractivity contribution in [1.82, 2.24) is 4.72 Å². The molecule has 0 saturated carbocycles. The molecule has 0 amide bonds. The Morgan fingerprint density at radius 1 is 1.47 bits per heavy atom. The van der Waals surface area contributed by atoms with Gasteiger partial charge in [0.1, 0.15) is 0 Å². The van der Waals surface area contributed by atoms with Gasteiger partial charge in [-0.25, -0.2) is 13.1 Å². The molecule has 0 bridgehead atoms. The van der Waals surface area contributed by atoms with Crippen LogP contribution in [0.5, 0.6) is 0 Å². The number of nitrogens with one attached hydrogen (secondary N) is 1. The number of esters is 1. The van der Waals surface area contributed by atoms with Crippen LogP contribution in [-0.2, 0) is 19.6 Å². The van der Waals surface area contributed by atoms with E-state index < -0.39 is 16.0 Å². The summed E-state index contributed by atoms with van der Waals surface area (Å²) in [6.07, 6.45) is 1.95. The summed E-state index contributed by atoms with van der Waals surface area (Å²) >= 11 is 0. The van der Waals surface area contributed by atoms with E-state index in [-0.39, 0.29) is 31.2 Å². The molecule has 0 aliphatic carbocycles. The minimum atomic E-state index is -3.36. The fourth-order valence-corrected chi connectivity index (χ4v) is 2.76. The molecule has 0 heterocycles. The van der Waals surface area contributed by atoms with E-state index >= 15 is 0 Å². The van der Waals surface area contributed by atoms with Crippen LogP contribution in [0.25, 0.3) is 0 Å². The summed E-state index contributed by atoms with van der Waals surface area (Å²) in [6.45, 7) is 2.25. The number of hydrogen-bond donors (Lipinski definition) is 2. The Bertz CT molecular complexity index is 316. The summed E-state index contributed by atoms with van der Waals surface area (Å²) in [6, 6.07) is -0.219. The van der Waals surface area contributed by atoms with Gasteiger partial charge in [-0.1, -0.05) is 13.3 Å². The number of carbonyl (C=O) groups excluding carboxylic acids is 1. The van der Waals surface area contributed by atoms with E-state index in [1.165, 1.54) is 7.11 Å². The van der Waals surface area contributed by atoms with Gasteiger partial charge in [0.15, 0.2) is 0 Å². The lowest BCUT2D eigenvalue weighted by Gasteiger charge is -2.15. The summed E-state index contributed by atoms with van der Waals surface area (Å²) in [5.41, 5.74) is 5.46. The number of methoxy groups -OCH3 is 1.